The van der Waals surface area contributed by atoms with Crippen LogP contribution in [-0.2, 0) is 11.2 Å². The number of carboxylic acids is 1. The maximum atomic E-state index is 11.5. The van der Waals surface area contributed by atoms with Gasteiger partial charge in [0.2, 0.25) is 5.91 Å². The molecule has 0 heterocycles. The summed E-state index contributed by atoms with van der Waals surface area (Å²) in [6, 6.07) is 6.83. The Hall–Kier alpha value is -1.84. The molecule has 0 saturated heterocycles. The van der Waals surface area contributed by atoms with Crippen LogP contribution in [0.3, 0.4) is 0 Å². The van der Waals surface area contributed by atoms with E-state index in [1.165, 1.54) is 12.8 Å². The minimum atomic E-state index is -0.921. The topological polar surface area (TPSA) is 66.4 Å². The monoisotopic (exact) mass is 261 g/mol. The van der Waals surface area contributed by atoms with Gasteiger partial charge in [-0.1, -0.05) is 25.0 Å². The molecule has 0 aliphatic heterocycles. The number of carbonyl (C=O) groups excluding carboxylic acids is 1. The highest BCUT2D eigenvalue weighted by molar-refractivity contribution is 5.87. The van der Waals surface area contributed by atoms with E-state index in [1.54, 1.807) is 18.2 Å². The second-order valence-corrected chi connectivity index (χ2v) is 5.09. The van der Waals surface area contributed by atoms with Gasteiger partial charge < -0.3 is 10.4 Å². The van der Waals surface area contributed by atoms with Gasteiger partial charge in [-0.25, -0.2) is 4.79 Å². The summed E-state index contributed by atoms with van der Waals surface area (Å²) in [6.07, 6.45) is 4.82. The van der Waals surface area contributed by atoms with Crippen LogP contribution in [0, 0.1) is 5.92 Å². The predicted molar refractivity (Wildman–Crippen MR) is 72.1 cm³/mol. The quantitative estimate of drug-likeness (QED) is 0.791. The van der Waals surface area contributed by atoms with E-state index in [0.717, 1.165) is 17.9 Å². The zero-order valence-electron chi connectivity index (χ0n) is 10.9. The summed E-state index contributed by atoms with van der Waals surface area (Å²) in [6.45, 7) is 0.562. The lowest BCUT2D eigenvalue weighted by atomic mass is 10.1. The smallest absolute Gasteiger partial charge is 0.335 e. The van der Waals surface area contributed by atoms with Crippen LogP contribution in [0.25, 0.3) is 0 Å². The summed E-state index contributed by atoms with van der Waals surface area (Å²) in [4.78, 5) is 22.4. The van der Waals surface area contributed by atoms with Crippen molar-refractivity contribution in [3.05, 3.63) is 35.4 Å². The Morgan fingerprint density at radius 3 is 2.79 bits per heavy atom. The van der Waals surface area contributed by atoms with E-state index < -0.39 is 5.97 Å². The average Bonchev–Trinajstić information content (AvgIpc) is 3.21. The summed E-state index contributed by atoms with van der Waals surface area (Å²) in [7, 11) is 0. The van der Waals surface area contributed by atoms with Crippen molar-refractivity contribution >= 4 is 11.9 Å². The molecule has 0 unspecified atom stereocenters. The average molecular weight is 261 g/mol. The van der Waals surface area contributed by atoms with Crippen LogP contribution >= 0.6 is 0 Å². The van der Waals surface area contributed by atoms with Crippen LogP contribution in [0.2, 0.25) is 0 Å². The first-order valence-electron chi connectivity index (χ1n) is 6.74. The highest BCUT2D eigenvalue weighted by Gasteiger charge is 2.21. The second-order valence-electron chi connectivity index (χ2n) is 5.09. The first-order chi connectivity index (χ1) is 9.15. The van der Waals surface area contributed by atoms with Gasteiger partial charge in [-0.05, 0) is 36.5 Å². The van der Waals surface area contributed by atoms with Gasteiger partial charge in [0.1, 0.15) is 0 Å². The fourth-order valence-corrected chi connectivity index (χ4v) is 2.04. The van der Waals surface area contributed by atoms with Crippen LogP contribution in [-0.4, -0.2) is 23.5 Å². The van der Waals surface area contributed by atoms with Crippen LogP contribution < -0.4 is 5.32 Å². The summed E-state index contributed by atoms with van der Waals surface area (Å²) < 4.78 is 0. The van der Waals surface area contributed by atoms with Gasteiger partial charge in [0.15, 0.2) is 0 Å². The minimum absolute atomic E-state index is 0.0984. The number of carbonyl (C=O) groups is 2. The normalized spacial score (nSPS) is 14.1. The molecule has 0 spiro atoms. The van der Waals surface area contributed by atoms with Crippen LogP contribution in [0.15, 0.2) is 24.3 Å². The second kappa shape index (κ2) is 6.36. The molecular weight excluding hydrogens is 242 g/mol. The van der Waals surface area contributed by atoms with Crippen LogP contribution in [0.1, 0.15) is 41.6 Å². The number of rotatable bonds is 7. The number of carboxylic acid groups (broad SMARTS) is 1. The molecule has 2 rings (SSSR count). The molecule has 1 aliphatic rings. The van der Waals surface area contributed by atoms with Crippen molar-refractivity contribution in [2.24, 2.45) is 5.92 Å². The van der Waals surface area contributed by atoms with Crippen molar-refractivity contribution in [3.63, 3.8) is 0 Å². The first kappa shape index (κ1) is 13.6. The first-order valence-corrected chi connectivity index (χ1v) is 6.74. The molecule has 0 bridgehead atoms. The van der Waals surface area contributed by atoms with Crippen molar-refractivity contribution in [2.75, 3.05) is 6.54 Å². The SMILES string of the molecule is O=C(CCC1CC1)NCCc1cccc(C(=O)O)c1. The van der Waals surface area contributed by atoms with E-state index in [0.29, 0.717) is 19.4 Å². The third-order valence-electron chi connectivity index (χ3n) is 3.39. The Morgan fingerprint density at radius 2 is 2.11 bits per heavy atom. The fourth-order valence-electron chi connectivity index (χ4n) is 2.04. The number of nitrogens with one attached hydrogen (secondary N) is 1. The van der Waals surface area contributed by atoms with Gasteiger partial charge >= 0.3 is 5.97 Å². The number of aromatic carboxylic acids is 1. The van der Waals surface area contributed by atoms with E-state index >= 15 is 0 Å². The predicted octanol–water partition coefficient (Wildman–Crippen LogP) is 2.23. The van der Waals surface area contributed by atoms with E-state index in [9.17, 15) is 9.59 Å². The van der Waals surface area contributed by atoms with E-state index in [2.05, 4.69) is 5.32 Å². The number of benzene rings is 1. The summed E-state index contributed by atoms with van der Waals surface area (Å²) in [5, 5.41) is 11.8. The van der Waals surface area contributed by atoms with Gasteiger partial charge in [-0.15, -0.1) is 0 Å². The van der Waals surface area contributed by atoms with Crippen LogP contribution in [0.4, 0.5) is 0 Å². The van der Waals surface area contributed by atoms with Crippen LogP contribution in [0.5, 0.6) is 0 Å². The van der Waals surface area contributed by atoms with Gasteiger partial charge in [0.05, 0.1) is 5.56 Å². The fraction of sp³-hybridized carbons (Fsp3) is 0.467. The third-order valence-corrected chi connectivity index (χ3v) is 3.39. The lowest BCUT2D eigenvalue weighted by Gasteiger charge is -2.05. The van der Waals surface area contributed by atoms with Gasteiger partial charge in [0, 0.05) is 13.0 Å². The van der Waals surface area contributed by atoms with Crippen molar-refractivity contribution in [2.45, 2.75) is 32.1 Å². The molecule has 1 aliphatic carbocycles. The lowest BCUT2D eigenvalue weighted by molar-refractivity contribution is -0.121. The molecule has 0 aromatic heterocycles. The van der Waals surface area contributed by atoms with Crippen molar-refractivity contribution in [1.82, 2.24) is 5.32 Å². The van der Waals surface area contributed by atoms with E-state index in [1.807, 2.05) is 6.07 Å². The maximum absolute atomic E-state index is 11.5. The zero-order valence-corrected chi connectivity index (χ0v) is 10.9. The Kier molecular flexibility index (Phi) is 4.55. The minimum Gasteiger partial charge on any atom is -0.478 e. The molecule has 102 valence electrons. The molecular formula is C15H19NO3. The standard InChI is InChI=1S/C15H19NO3/c17-14(7-6-11-4-5-11)16-9-8-12-2-1-3-13(10-12)15(18)19/h1-3,10-11H,4-9H2,(H,16,17)(H,18,19). The molecule has 4 heteroatoms. The summed E-state index contributed by atoms with van der Waals surface area (Å²) in [5.41, 5.74) is 1.22. The van der Waals surface area contributed by atoms with Gasteiger partial charge in [-0.2, -0.15) is 0 Å². The molecule has 4 nitrogen and oxygen atoms in total. The molecule has 0 radical (unpaired) electrons. The lowest BCUT2D eigenvalue weighted by Crippen LogP contribution is -2.25. The molecule has 0 atom stereocenters. The van der Waals surface area contributed by atoms with Crippen molar-refractivity contribution in [1.29, 1.82) is 0 Å². The molecule has 1 aromatic carbocycles. The van der Waals surface area contributed by atoms with Gasteiger partial charge in [0.25, 0.3) is 0 Å². The van der Waals surface area contributed by atoms with E-state index in [4.69, 9.17) is 5.11 Å². The number of hydrogen-bond donors (Lipinski definition) is 2. The third kappa shape index (κ3) is 4.73. The zero-order chi connectivity index (χ0) is 13.7. The van der Waals surface area contributed by atoms with Gasteiger partial charge in [-0.3, -0.25) is 4.79 Å². The molecule has 1 fully saturated rings. The molecule has 2 N–H and O–H groups in total. The maximum Gasteiger partial charge on any atom is 0.335 e. The largest absolute Gasteiger partial charge is 0.478 e. The summed E-state index contributed by atoms with van der Waals surface area (Å²) >= 11 is 0. The summed E-state index contributed by atoms with van der Waals surface area (Å²) in [5.74, 6) is -0.0467. The Morgan fingerprint density at radius 1 is 1.32 bits per heavy atom. The Balaban J connectivity index is 1.70. The van der Waals surface area contributed by atoms with Crippen molar-refractivity contribution in [3.8, 4) is 0 Å². The Labute approximate surface area is 112 Å². The molecule has 1 amide bonds. The molecule has 1 saturated carbocycles. The highest BCUT2D eigenvalue weighted by Crippen LogP contribution is 2.33. The number of amides is 1. The van der Waals surface area contributed by atoms with Crippen molar-refractivity contribution < 1.29 is 14.7 Å². The Bertz CT molecular complexity index is 466. The highest BCUT2D eigenvalue weighted by atomic mass is 16.4. The molecule has 1 aromatic rings. The van der Waals surface area contributed by atoms with E-state index in [-0.39, 0.29) is 11.5 Å². The molecule has 19 heavy (non-hydrogen) atoms. The number of hydrogen-bond acceptors (Lipinski definition) is 2.